The summed E-state index contributed by atoms with van der Waals surface area (Å²) in [6.07, 6.45) is 1.42. The molecule has 1 atom stereocenters. The summed E-state index contributed by atoms with van der Waals surface area (Å²) in [5.41, 5.74) is 0.823. The van der Waals surface area contributed by atoms with E-state index in [0.717, 1.165) is 23.3 Å². The number of carbonyl (C=O) groups is 1. The first-order valence-electron chi connectivity index (χ1n) is 8.33. The van der Waals surface area contributed by atoms with Crippen LogP contribution in [0, 0.1) is 0 Å². The predicted octanol–water partition coefficient (Wildman–Crippen LogP) is 3.08. The Morgan fingerprint density at radius 2 is 1.89 bits per heavy atom. The van der Waals surface area contributed by atoms with Crippen LogP contribution in [0.2, 0.25) is 0 Å². The van der Waals surface area contributed by atoms with Gasteiger partial charge in [-0.05, 0) is 42.0 Å². The highest BCUT2D eigenvalue weighted by atomic mass is 32.2. The molecule has 1 aliphatic heterocycles. The van der Waals surface area contributed by atoms with E-state index in [1.165, 1.54) is 17.5 Å². The molecule has 1 aromatic heterocycles. The summed E-state index contributed by atoms with van der Waals surface area (Å²) in [4.78, 5) is 12.0. The van der Waals surface area contributed by atoms with Crippen molar-refractivity contribution in [2.45, 2.75) is 23.8 Å². The Hall–Kier alpha value is -2.10. The van der Waals surface area contributed by atoms with Crippen molar-refractivity contribution in [2.75, 3.05) is 27.9 Å². The standard InChI is InChI=1S/C18H21NO6S2/c1-23-14-7-6-12(11-15(14)24-2)13-5-4-9-19(13)27(21,22)16-8-10-26-17(16)18(20)25-3/h6-8,10-11,13H,4-5,9H2,1-3H3/t13-/m1/s1. The van der Waals surface area contributed by atoms with Crippen LogP contribution >= 0.6 is 11.3 Å². The number of sulfonamides is 1. The van der Waals surface area contributed by atoms with Crippen molar-refractivity contribution in [1.82, 2.24) is 4.31 Å². The van der Waals surface area contributed by atoms with E-state index in [1.54, 1.807) is 31.7 Å². The van der Waals surface area contributed by atoms with Crippen LogP contribution in [0.5, 0.6) is 11.5 Å². The normalized spacial score (nSPS) is 17.7. The summed E-state index contributed by atoms with van der Waals surface area (Å²) < 4.78 is 43.3. The molecule has 0 saturated carbocycles. The molecule has 0 spiro atoms. The number of hydrogen-bond donors (Lipinski definition) is 0. The van der Waals surface area contributed by atoms with E-state index in [2.05, 4.69) is 0 Å². The van der Waals surface area contributed by atoms with E-state index in [9.17, 15) is 13.2 Å². The number of nitrogens with zero attached hydrogens (tertiary/aromatic N) is 1. The fourth-order valence-electron chi connectivity index (χ4n) is 3.29. The second-order valence-corrected chi connectivity index (χ2v) is 8.77. The largest absolute Gasteiger partial charge is 0.493 e. The van der Waals surface area contributed by atoms with Crippen LogP contribution in [0.4, 0.5) is 0 Å². The van der Waals surface area contributed by atoms with Crippen LogP contribution in [0.1, 0.15) is 34.1 Å². The molecule has 9 heteroatoms. The summed E-state index contributed by atoms with van der Waals surface area (Å²) in [6.45, 7) is 0.387. The quantitative estimate of drug-likeness (QED) is 0.680. The van der Waals surface area contributed by atoms with Gasteiger partial charge in [0.2, 0.25) is 10.0 Å². The van der Waals surface area contributed by atoms with Gasteiger partial charge in [-0.1, -0.05) is 6.07 Å². The Bertz CT molecular complexity index is 937. The van der Waals surface area contributed by atoms with Crippen LogP contribution in [0.15, 0.2) is 34.5 Å². The number of hydrogen-bond acceptors (Lipinski definition) is 7. The summed E-state index contributed by atoms with van der Waals surface area (Å²) in [5.74, 6) is 0.481. The molecule has 3 rings (SSSR count). The molecule has 0 amide bonds. The predicted molar refractivity (Wildman–Crippen MR) is 101 cm³/mol. The maximum Gasteiger partial charge on any atom is 0.349 e. The summed E-state index contributed by atoms with van der Waals surface area (Å²) in [5, 5.41) is 1.58. The van der Waals surface area contributed by atoms with Crippen molar-refractivity contribution < 1.29 is 27.4 Å². The second-order valence-electron chi connectivity index (χ2n) is 5.99. The molecule has 2 aromatic rings. The highest BCUT2D eigenvalue weighted by molar-refractivity contribution is 7.89. The lowest BCUT2D eigenvalue weighted by Gasteiger charge is -2.25. The highest BCUT2D eigenvalue weighted by Gasteiger charge is 2.39. The van der Waals surface area contributed by atoms with Gasteiger partial charge in [-0.3, -0.25) is 0 Å². The molecule has 0 unspecified atom stereocenters. The molecule has 0 aliphatic carbocycles. The molecule has 146 valence electrons. The third-order valence-electron chi connectivity index (χ3n) is 4.58. The highest BCUT2D eigenvalue weighted by Crippen LogP contribution is 2.40. The van der Waals surface area contributed by atoms with Crippen molar-refractivity contribution in [3.05, 3.63) is 40.1 Å². The van der Waals surface area contributed by atoms with Gasteiger partial charge in [0.1, 0.15) is 9.77 Å². The number of thiophene rings is 1. The first-order chi connectivity index (χ1) is 12.9. The average molecular weight is 412 g/mol. The Labute approximate surface area is 162 Å². The summed E-state index contributed by atoms with van der Waals surface area (Å²) in [6, 6.07) is 6.53. The van der Waals surface area contributed by atoms with E-state index in [4.69, 9.17) is 14.2 Å². The van der Waals surface area contributed by atoms with Crippen LogP contribution in [-0.2, 0) is 14.8 Å². The van der Waals surface area contributed by atoms with Gasteiger partial charge >= 0.3 is 5.97 Å². The third kappa shape index (κ3) is 3.54. The Morgan fingerprint density at radius 1 is 1.15 bits per heavy atom. The van der Waals surface area contributed by atoms with Crippen molar-refractivity contribution in [1.29, 1.82) is 0 Å². The second kappa shape index (κ2) is 7.87. The smallest absolute Gasteiger partial charge is 0.349 e. The van der Waals surface area contributed by atoms with E-state index in [0.29, 0.717) is 24.5 Å². The zero-order valence-electron chi connectivity index (χ0n) is 15.3. The number of rotatable bonds is 6. The van der Waals surface area contributed by atoms with E-state index in [-0.39, 0.29) is 15.8 Å². The maximum absolute atomic E-state index is 13.3. The Balaban J connectivity index is 1.99. The van der Waals surface area contributed by atoms with Gasteiger partial charge in [0.05, 0.1) is 27.4 Å². The minimum atomic E-state index is -3.84. The summed E-state index contributed by atoms with van der Waals surface area (Å²) >= 11 is 1.06. The number of ether oxygens (including phenoxy) is 3. The van der Waals surface area contributed by atoms with Crippen LogP contribution in [0.25, 0.3) is 0 Å². The molecule has 1 saturated heterocycles. The molecule has 0 radical (unpaired) electrons. The van der Waals surface area contributed by atoms with Gasteiger partial charge in [-0.15, -0.1) is 11.3 Å². The summed E-state index contributed by atoms with van der Waals surface area (Å²) in [7, 11) is 0.485. The first kappa shape index (κ1) is 19.7. The molecular weight excluding hydrogens is 390 g/mol. The molecule has 1 aliphatic rings. The minimum Gasteiger partial charge on any atom is -0.493 e. The average Bonchev–Trinajstić information content (AvgIpc) is 3.36. The van der Waals surface area contributed by atoms with Crippen LogP contribution < -0.4 is 9.47 Å². The first-order valence-corrected chi connectivity index (χ1v) is 10.7. The zero-order chi connectivity index (χ0) is 19.6. The molecule has 0 bridgehead atoms. The number of benzene rings is 1. The van der Waals surface area contributed by atoms with Crippen molar-refractivity contribution in [2.24, 2.45) is 0 Å². The molecule has 27 heavy (non-hydrogen) atoms. The molecule has 1 aromatic carbocycles. The minimum absolute atomic E-state index is 0.00766. The zero-order valence-corrected chi connectivity index (χ0v) is 16.9. The van der Waals surface area contributed by atoms with E-state index < -0.39 is 16.0 Å². The van der Waals surface area contributed by atoms with Gasteiger partial charge in [0.25, 0.3) is 0 Å². The van der Waals surface area contributed by atoms with Gasteiger partial charge < -0.3 is 14.2 Å². The van der Waals surface area contributed by atoms with Gasteiger partial charge in [-0.2, -0.15) is 4.31 Å². The lowest BCUT2D eigenvalue weighted by atomic mass is 10.0. The maximum atomic E-state index is 13.3. The molecule has 2 heterocycles. The topological polar surface area (TPSA) is 82.1 Å². The van der Waals surface area contributed by atoms with Crippen LogP contribution in [-0.4, -0.2) is 46.6 Å². The lowest BCUT2D eigenvalue weighted by molar-refractivity contribution is 0.0602. The van der Waals surface area contributed by atoms with Gasteiger partial charge in [0, 0.05) is 6.54 Å². The number of methoxy groups -OCH3 is 3. The Kier molecular flexibility index (Phi) is 5.73. The van der Waals surface area contributed by atoms with Crippen molar-refractivity contribution in [3.63, 3.8) is 0 Å². The molecular formula is C18H21NO6S2. The van der Waals surface area contributed by atoms with Crippen LogP contribution in [0.3, 0.4) is 0 Å². The SMILES string of the molecule is COC(=O)c1sccc1S(=O)(=O)N1CCC[C@@H]1c1ccc(OC)c(OC)c1. The monoisotopic (exact) mass is 411 g/mol. The lowest BCUT2D eigenvalue weighted by Crippen LogP contribution is -2.31. The van der Waals surface area contributed by atoms with Crippen molar-refractivity contribution in [3.8, 4) is 11.5 Å². The fraction of sp³-hybridized carbons (Fsp3) is 0.389. The molecule has 0 N–H and O–H groups in total. The Morgan fingerprint density at radius 3 is 2.56 bits per heavy atom. The van der Waals surface area contributed by atoms with Gasteiger partial charge in [-0.25, -0.2) is 13.2 Å². The van der Waals surface area contributed by atoms with Crippen molar-refractivity contribution >= 4 is 27.3 Å². The van der Waals surface area contributed by atoms with E-state index >= 15 is 0 Å². The van der Waals surface area contributed by atoms with E-state index in [1.807, 2.05) is 6.07 Å². The fourth-order valence-corrected chi connectivity index (χ4v) is 6.28. The molecule has 1 fully saturated rings. The number of carbonyl (C=O) groups excluding carboxylic acids is 1. The van der Waals surface area contributed by atoms with Gasteiger partial charge in [0.15, 0.2) is 11.5 Å². The molecule has 7 nitrogen and oxygen atoms in total. The number of esters is 1. The third-order valence-corrected chi connectivity index (χ3v) is 7.56.